The molecule has 0 amide bonds. The molecule has 2 atom stereocenters. The molecule has 0 aliphatic heterocycles. The molecule has 2 unspecified atom stereocenters. The Bertz CT molecular complexity index is 367. The average molecular weight is 280 g/mol. The zero-order valence-electron chi connectivity index (χ0n) is 13.1. The molecule has 4 heteroatoms. The maximum Gasteiger partial charge on any atom is 0.118 e. The van der Waals surface area contributed by atoms with Gasteiger partial charge in [0.2, 0.25) is 0 Å². The van der Waals surface area contributed by atoms with Gasteiger partial charge in [0.15, 0.2) is 0 Å². The average Bonchev–Trinajstić information content (AvgIpc) is 2.50. The minimum Gasteiger partial charge on any atom is -0.497 e. The van der Waals surface area contributed by atoms with Crippen LogP contribution in [0.3, 0.4) is 0 Å². The Kier molecular flexibility index (Phi) is 7.59. The van der Waals surface area contributed by atoms with E-state index in [-0.39, 0.29) is 6.04 Å². The summed E-state index contributed by atoms with van der Waals surface area (Å²) in [4.78, 5) is 2.39. The van der Waals surface area contributed by atoms with Crippen molar-refractivity contribution in [2.75, 3.05) is 33.9 Å². The van der Waals surface area contributed by atoms with Gasteiger partial charge in [-0.1, -0.05) is 19.1 Å². The quantitative estimate of drug-likeness (QED) is 0.755. The van der Waals surface area contributed by atoms with Gasteiger partial charge in [-0.3, -0.25) is 4.90 Å². The first-order valence-electron chi connectivity index (χ1n) is 7.24. The maximum atomic E-state index is 6.33. The zero-order chi connectivity index (χ0) is 15.0. The lowest BCUT2D eigenvalue weighted by Crippen LogP contribution is -2.40. The van der Waals surface area contributed by atoms with E-state index >= 15 is 0 Å². The van der Waals surface area contributed by atoms with E-state index in [1.54, 1.807) is 14.2 Å². The van der Waals surface area contributed by atoms with E-state index in [9.17, 15) is 0 Å². The molecule has 20 heavy (non-hydrogen) atoms. The summed E-state index contributed by atoms with van der Waals surface area (Å²) < 4.78 is 10.4. The summed E-state index contributed by atoms with van der Waals surface area (Å²) in [6, 6.07) is 8.50. The van der Waals surface area contributed by atoms with Crippen LogP contribution in [0.25, 0.3) is 0 Å². The van der Waals surface area contributed by atoms with Crippen LogP contribution in [-0.2, 0) is 4.74 Å². The Labute approximate surface area is 122 Å². The van der Waals surface area contributed by atoms with Crippen molar-refractivity contribution >= 4 is 0 Å². The van der Waals surface area contributed by atoms with Crippen LogP contribution in [0.1, 0.15) is 31.9 Å². The number of benzene rings is 1. The van der Waals surface area contributed by atoms with E-state index in [0.29, 0.717) is 6.04 Å². The van der Waals surface area contributed by atoms with E-state index in [2.05, 4.69) is 18.7 Å². The van der Waals surface area contributed by atoms with Crippen LogP contribution in [0.15, 0.2) is 24.3 Å². The van der Waals surface area contributed by atoms with E-state index in [0.717, 1.165) is 37.4 Å². The van der Waals surface area contributed by atoms with Crippen molar-refractivity contribution in [2.45, 2.75) is 32.4 Å². The van der Waals surface area contributed by atoms with Crippen molar-refractivity contribution in [1.82, 2.24) is 4.90 Å². The van der Waals surface area contributed by atoms with Crippen molar-refractivity contribution in [3.8, 4) is 5.75 Å². The van der Waals surface area contributed by atoms with Crippen LogP contribution >= 0.6 is 0 Å². The first kappa shape index (κ1) is 17.0. The number of methoxy groups -OCH3 is 2. The third kappa shape index (κ3) is 5.12. The molecule has 4 nitrogen and oxygen atoms in total. The molecule has 0 heterocycles. The Morgan fingerprint density at radius 3 is 2.35 bits per heavy atom. The second-order valence-electron chi connectivity index (χ2n) is 5.12. The Balaban J connectivity index is 2.65. The molecule has 0 radical (unpaired) electrons. The van der Waals surface area contributed by atoms with Crippen molar-refractivity contribution in [3.63, 3.8) is 0 Å². The minimum absolute atomic E-state index is 0.00626. The molecular weight excluding hydrogens is 252 g/mol. The van der Waals surface area contributed by atoms with Crippen LogP contribution in [0, 0.1) is 0 Å². The van der Waals surface area contributed by atoms with E-state index in [1.807, 2.05) is 24.3 Å². The molecule has 0 spiro atoms. The lowest BCUT2D eigenvalue weighted by atomic mass is 10.1. The van der Waals surface area contributed by atoms with Gasteiger partial charge < -0.3 is 15.2 Å². The van der Waals surface area contributed by atoms with Crippen LogP contribution in [0.2, 0.25) is 0 Å². The fourth-order valence-electron chi connectivity index (χ4n) is 2.17. The molecule has 0 saturated heterocycles. The molecule has 2 N–H and O–H groups in total. The predicted octanol–water partition coefficient (Wildman–Crippen LogP) is 2.44. The second kappa shape index (κ2) is 8.95. The highest BCUT2D eigenvalue weighted by Crippen LogP contribution is 2.18. The third-order valence-electron chi connectivity index (χ3n) is 3.77. The summed E-state index contributed by atoms with van der Waals surface area (Å²) in [6.45, 7) is 6.92. The molecule has 0 aromatic heterocycles. The van der Waals surface area contributed by atoms with Gasteiger partial charge in [-0.15, -0.1) is 0 Å². The van der Waals surface area contributed by atoms with E-state index in [1.165, 1.54) is 0 Å². The zero-order valence-corrected chi connectivity index (χ0v) is 13.1. The lowest BCUT2D eigenvalue weighted by Gasteiger charge is -2.30. The molecule has 0 aliphatic carbocycles. The summed E-state index contributed by atoms with van der Waals surface area (Å²) in [5, 5.41) is 0. The molecule has 1 aromatic carbocycles. The van der Waals surface area contributed by atoms with Crippen LogP contribution < -0.4 is 10.5 Å². The normalized spacial score (nSPS) is 14.3. The summed E-state index contributed by atoms with van der Waals surface area (Å²) >= 11 is 0. The van der Waals surface area contributed by atoms with Gasteiger partial charge in [0, 0.05) is 32.3 Å². The van der Waals surface area contributed by atoms with Crippen molar-refractivity contribution in [3.05, 3.63) is 29.8 Å². The van der Waals surface area contributed by atoms with Gasteiger partial charge in [-0.2, -0.15) is 0 Å². The molecule has 1 rings (SSSR count). The number of hydrogen-bond donors (Lipinski definition) is 1. The first-order valence-corrected chi connectivity index (χ1v) is 7.24. The summed E-state index contributed by atoms with van der Waals surface area (Å²) in [6.07, 6.45) is 1.11. The summed E-state index contributed by atoms with van der Waals surface area (Å²) in [5.74, 6) is 0.860. The Morgan fingerprint density at radius 1 is 1.20 bits per heavy atom. The number of nitrogens with two attached hydrogens (primary N) is 1. The SMILES string of the molecule is CCC(C)N(CCOC)CC(N)c1ccc(OC)cc1. The summed E-state index contributed by atoms with van der Waals surface area (Å²) in [5.41, 5.74) is 7.46. The fourth-order valence-corrected chi connectivity index (χ4v) is 2.17. The number of nitrogens with zero attached hydrogens (tertiary/aromatic N) is 1. The van der Waals surface area contributed by atoms with Crippen molar-refractivity contribution in [2.24, 2.45) is 5.73 Å². The van der Waals surface area contributed by atoms with Gasteiger partial charge in [0.05, 0.1) is 13.7 Å². The molecule has 114 valence electrons. The third-order valence-corrected chi connectivity index (χ3v) is 3.77. The standard InChI is InChI=1S/C16H28N2O2/c1-5-13(2)18(10-11-19-3)12-16(17)14-6-8-15(20-4)9-7-14/h6-9,13,16H,5,10-12,17H2,1-4H3. The van der Waals surface area contributed by atoms with Gasteiger partial charge in [0.25, 0.3) is 0 Å². The predicted molar refractivity (Wildman–Crippen MR) is 83.1 cm³/mol. The van der Waals surface area contributed by atoms with Crippen molar-refractivity contribution < 1.29 is 9.47 Å². The largest absolute Gasteiger partial charge is 0.497 e. The molecule has 0 saturated carbocycles. The smallest absolute Gasteiger partial charge is 0.118 e. The van der Waals surface area contributed by atoms with E-state index < -0.39 is 0 Å². The second-order valence-corrected chi connectivity index (χ2v) is 5.12. The Morgan fingerprint density at radius 2 is 1.85 bits per heavy atom. The first-order chi connectivity index (χ1) is 9.62. The van der Waals surface area contributed by atoms with Crippen LogP contribution in [-0.4, -0.2) is 44.9 Å². The highest BCUT2D eigenvalue weighted by Gasteiger charge is 2.16. The van der Waals surface area contributed by atoms with Gasteiger partial charge in [-0.05, 0) is 31.0 Å². The lowest BCUT2D eigenvalue weighted by molar-refractivity contribution is 0.118. The van der Waals surface area contributed by atoms with Gasteiger partial charge >= 0.3 is 0 Å². The Hall–Kier alpha value is -1.10. The van der Waals surface area contributed by atoms with Crippen LogP contribution in [0.5, 0.6) is 5.75 Å². The van der Waals surface area contributed by atoms with Gasteiger partial charge in [0.1, 0.15) is 5.75 Å². The number of hydrogen-bond acceptors (Lipinski definition) is 4. The molecule has 0 aliphatic rings. The number of ether oxygens (including phenoxy) is 2. The highest BCUT2D eigenvalue weighted by atomic mass is 16.5. The highest BCUT2D eigenvalue weighted by molar-refractivity contribution is 5.29. The van der Waals surface area contributed by atoms with Gasteiger partial charge in [-0.25, -0.2) is 0 Å². The topological polar surface area (TPSA) is 47.7 Å². The maximum absolute atomic E-state index is 6.33. The number of rotatable bonds is 9. The van der Waals surface area contributed by atoms with Crippen molar-refractivity contribution in [1.29, 1.82) is 0 Å². The summed E-state index contributed by atoms with van der Waals surface area (Å²) in [7, 11) is 3.41. The molecule has 1 aromatic rings. The minimum atomic E-state index is 0.00626. The fraction of sp³-hybridized carbons (Fsp3) is 0.625. The molecule has 0 fully saturated rings. The van der Waals surface area contributed by atoms with Crippen LogP contribution in [0.4, 0.5) is 0 Å². The molecule has 0 bridgehead atoms. The molecular formula is C16H28N2O2. The van der Waals surface area contributed by atoms with E-state index in [4.69, 9.17) is 15.2 Å². The monoisotopic (exact) mass is 280 g/mol.